The van der Waals surface area contributed by atoms with Gasteiger partial charge in [0.2, 0.25) is 5.88 Å². The van der Waals surface area contributed by atoms with Gasteiger partial charge in [0, 0.05) is 11.5 Å². The van der Waals surface area contributed by atoms with Crippen molar-refractivity contribution < 1.29 is 9.57 Å². The van der Waals surface area contributed by atoms with Crippen LogP contribution in [-0.4, -0.2) is 25.3 Å². The summed E-state index contributed by atoms with van der Waals surface area (Å²) in [4.78, 5) is 16.2. The van der Waals surface area contributed by atoms with E-state index in [4.69, 9.17) is 14.6 Å². The molecule has 0 saturated carbocycles. The molecule has 7 rings (SSSR count). The number of hydrogen-bond acceptors (Lipinski definition) is 7. The molecule has 0 fully saturated rings. The Morgan fingerprint density at radius 1 is 1.00 bits per heavy atom. The molecule has 3 aromatic heterocycles. The second kappa shape index (κ2) is 8.83. The van der Waals surface area contributed by atoms with Crippen molar-refractivity contribution in [2.45, 2.75) is 19.4 Å². The van der Waals surface area contributed by atoms with Crippen LogP contribution >= 0.6 is 11.3 Å². The number of ether oxygens (including phenoxy) is 1. The molecule has 1 aliphatic rings. The Morgan fingerprint density at radius 2 is 1.86 bits per heavy atom. The van der Waals surface area contributed by atoms with Crippen molar-refractivity contribution >= 4 is 33.5 Å². The van der Waals surface area contributed by atoms with E-state index in [9.17, 15) is 0 Å². The summed E-state index contributed by atoms with van der Waals surface area (Å²) in [5.41, 5.74) is 4.63. The summed E-state index contributed by atoms with van der Waals surface area (Å²) >= 11 is 1.62. The maximum absolute atomic E-state index is 6.36. The van der Waals surface area contributed by atoms with E-state index >= 15 is 0 Å². The maximum atomic E-state index is 6.36. The Hall–Kier alpha value is -4.56. The van der Waals surface area contributed by atoms with Gasteiger partial charge in [0.15, 0.2) is 18.1 Å². The quantitative estimate of drug-likeness (QED) is 0.196. The van der Waals surface area contributed by atoms with Crippen molar-refractivity contribution in [3.63, 3.8) is 0 Å². The van der Waals surface area contributed by atoms with Gasteiger partial charge in [0.05, 0.1) is 16.2 Å². The summed E-state index contributed by atoms with van der Waals surface area (Å²) in [5.74, 6) is 1.74. The smallest absolute Gasteiger partial charge is 0.228 e. The number of oxime groups is 1. The molecule has 0 saturated heterocycles. The zero-order valence-corrected chi connectivity index (χ0v) is 20.7. The lowest BCUT2D eigenvalue weighted by Gasteiger charge is -2.29. The normalized spacial score (nSPS) is 14.8. The van der Waals surface area contributed by atoms with E-state index in [2.05, 4.69) is 69.8 Å². The molecule has 0 radical (unpaired) electrons. The van der Waals surface area contributed by atoms with Crippen molar-refractivity contribution in [1.29, 1.82) is 0 Å². The fourth-order valence-electron chi connectivity index (χ4n) is 4.90. The Balaban J connectivity index is 1.35. The van der Waals surface area contributed by atoms with Crippen LogP contribution in [0.1, 0.15) is 40.2 Å². The highest BCUT2D eigenvalue weighted by molar-refractivity contribution is 7.12. The van der Waals surface area contributed by atoms with Crippen molar-refractivity contribution in [3.8, 4) is 11.6 Å². The summed E-state index contributed by atoms with van der Waals surface area (Å²) in [5, 5.41) is 13.2. The van der Waals surface area contributed by atoms with Crippen LogP contribution in [0.25, 0.3) is 16.4 Å². The molecular weight excluding hydrogens is 482 g/mol. The number of rotatable bonds is 5. The molecule has 1 aliphatic heterocycles. The molecule has 7 nitrogen and oxygen atoms in total. The Bertz CT molecular complexity index is 1780. The molecule has 6 aromatic rings. The van der Waals surface area contributed by atoms with Crippen LogP contribution in [0, 0.1) is 0 Å². The van der Waals surface area contributed by atoms with Crippen LogP contribution in [0.4, 0.5) is 0 Å². The molecule has 0 spiro atoms. The average molecular weight is 504 g/mol. The Morgan fingerprint density at radius 3 is 2.73 bits per heavy atom. The lowest BCUT2D eigenvalue weighted by atomic mass is 9.81. The summed E-state index contributed by atoms with van der Waals surface area (Å²) in [7, 11) is 0. The molecule has 0 amide bonds. The van der Waals surface area contributed by atoms with Crippen LogP contribution < -0.4 is 4.74 Å². The summed E-state index contributed by atoms with van der Waals surface area (Å²) in [6.07, 6.45) is 1.64. The van der Waals surface area contributed by atoms with E-state index in [0.717, 1.165) is 43.8 Å². The third-order valence-corrected chi connectivity index (χ3v) is 7.53. The summed E-state index contributed by atoms with van der Waals surface area (Å²) in [6.45, 7) is 2.07. The van der Waals surface area contributed by atoms with Gasteiger partial charge in [0.1, 0.15) is 12.1 Å². The predicted molar refractivity (Wildman–Crippen MR) is 144 cm³/mol. The predicted octanol–water partition coefficient (Wildman–Crippen LogP) is 6.57. The molecule has 180 valence electrons. The fraction of sp³-hybridized carbons (Fsp3) is 0.103. The van der Waals surface area contributed by atoms with Gasteiger partial charge in [-0.3, -0.25) is 0 Å². The molecule has 8 heteroatoms. The molecule has 0 unspecified atom stereocenters. The highest BCUT2D eigenvalue weighted by atomic mass is 32.1. The van der Waals surface area contributed by atoms with E-state index in [1.54, 1.807) is 22.2 Å². The lowest BCUT2D eigenvalue weighted by Crippen LogP contribution is -2.15. The lowest BCUT2D eigenvalue weighted by molar-refractivity contribution is 0.125. The van der Waals surface area contributed by atoms with E-state index in [0.29, 0.717) is 17.4 Å². The molecule has 0 N–H and O–H groups in total. The standard InChI is InChI=1S/C29H21N5O2S/c1-18(23-12-7-15-37-23)33-35-16-24-31-28-27-25(20-9-3-2-4-10-20)26-21-11-6-5-8-19(21)13-14-22(26)36-29(27)30-17-34(28)32-24/h2-15,17,25H,16H2,1H3/b33-18-/t25-/m0/s1. The molecule has 3 aromatic carbocycles. The second-order valence-electron chi connectivity index (χ2n) is 8.83. The van der Waals surface area contributed by atoms with Crippen LogP contribution in [0.5, 0.6) is 11.6 Å². The highest BCUT2D eigenvalue weighted by Crippen LogP contribution is 2.50. The Labute approximate surface area is 216 Å². The molecule has 37 heavy (non-hydrogen) atoms. The minimum atomic E-state index is -0.126. The zero-order chi connectivity index (χ0) is 24.8. The highest BCUT2D eigenvalue weighted by Gasteiger charge is 2.34. The van der Waals surface area contributed by atoms with Crippen molar-refractivity contribution in [3.05, 3.63) is 118 Å². The minimum Gasteiger partial charge on any atom is -0.438 e. The number of aromatic nitrogens is 4. The first-order valence-electron chi connectivity index (χ1n) is 12.0. The van der Waals surface area contributed by atoms with E-state index in [-0.39, 0.29) is 12.5 Å². The largest absolute Gasteiger partial charge is 0.438 e. The summed E-state index contributed by atoms with van der Waals surface area (Å²) < 4.78 is 8.06. The minimum absolute atomic E-state index is 0.126. The second-order valence-corrected chi connectivity index (χ2v) is 9.78. The number of thiophene rings is 1. The number of nitrogens with zero attached hydrogens (tertiary/aromatic N) is 5. The van der Waals surface area contributed by atoms with Gasteiger partial charge in [-0.15, -0.1) is 16.4 Å². The molecule has 0 bridgehead atoms. The van der Waals surface area contributed by atoms with Crippen LogP contribution in [-0.2, 0) is 11.4 Å². The summed E-state index contributed by atoms with van der Waals surface area (Å²) in [6, 6.07) is 26.9. The number of hydrogen-bond donors (Lipinski definition) is 0. The molecule has 1 atom stereocenters. The SMILES string of the molecule is C/C(=N/OCc1nc2c3c(ncn2n1)Oc1ccc2ccccc2c1[C@@H]3c1ccccc1)c1cccs1. The van der Waals surface area contributed by atoms with Crippen LogP contribution in [0.15, 0.2) is 95.7 Å². The van der Waals surface area contributed by atoms with Crippen LogP contribution in [0.2, 0.25) is 0 Å². The van der Waals surface area contributed by atoms with Crippen molar-refractivity contribution in [2.24, 2.45) is 5.16 Å². The average Bonchev–Trinajstić information content (AvgIpc) is 3.63. The number of fused-ring (bicyclic) bond motifs is 6. The Kier molecular flexibility index (Phi) is 5.18. The maximum Gasteiger partial charge on any atom is 0.228 e. The molecular formula is C29H21N5O2S. The molecule has 4 heterocycles. The van der Waals surface area contributed by atoms with Crippen LogP contribution in [0.3, 0.4) is 0 Å². The first-order valence-corrected chi connectivity index (χ1v) is 12.8. The van der Waals surface area contributed by atoms with Crippen molar-refractivity contribution in [1.82, 2.24) is 19.6 Å². The van der Waals surface area contributed by atoms with E-state index < -0.39 is 0 Å². The van der Waals surface area contributed by atoms with Gasteiger partial charge < -0.3 is 9.57 Å². The first kappa shape index (κ1) is 21.7. The fourth-order valence-corrected chi connectivity index (χ4v) is 5.57. The molecule has 0 aliphatic carbocycles. The third-order valence-electron chi connectivity index (χ3n) is 6.55. The first-order chi connectivity index (χ1) is 18.3. The van der Waals surface area contributed by atoms with Gasteiger partial charge in [-0.1, -0.05) is 71.9 Å². The number of benzene rings is 3. The van der Waals surface area contributed by atoms with Gasteiger partial charge in [-0.05, 0) is 40.8 Å². The third kappa shape index (κ3) is 3.73. The monoisotopic (exact) mass is 503 g/mol. The van der Waals surface area contributed by atoms with Gasteiger partial charge in [-0.25, -0.2) is 14.5 Å². The van der Waals surface area contributed by atoms with Crippen molar-refractivity contribution in [2.75, 3.05) is 0 Å². The topological polar surface area (TPSA) is 73.9 Å². The van der Waals surface area contributed by atoms with Gasteiger partial charge >= 0.3 is 0 Å². The zero-order valence-electron chi connectivity index (χ0n) is 19.9. The van der Waals surface area contributed by atoms with Gasteiger partial charge in [0.25, 0.3) is 0 Å². The van der Waals surface area contributed by atoms with E-state index in [1.807, 2.05) is 36.6 Å². The van der Waals surface area contributed by atoms with Gasteiger partial charge in [-0.2, -0.15) is 0 Å². The van der Waals surface area contributed by atoms with E-state index in [1.165, 1.54) is 0 Å².